The SMILES string of the molecule is O=C(Nc1ccccc1Br)C1CC1c1ccccc1. The summed E-state index contributed by atoms with van der Waals surface area (Å²) in [7, 11) is 0. The second-order valence-corrected chi connectivity index (χ2v) is 5.68. The first-order chi connectivity index (χ1) is 9.25. The van der Waals surface area contributed by atoms with E-state index in [9.17, 15) is 4.79 Å². The number of rotatable bonds is 3. The van der Waals surface area contributed by atoms with Crippen molar-refractivity contribution >= 4 is 27.5 Å². The Labute approximate surface area is 121 Å². The van der Waals surface area contributed by atoms with Crippen molar-refractivity contribution in [1.29, 1.82) is 0 Å². The maximum Gasteiger partial charge on any atom is 0.228 e. The quantitative estimate of drug-likeness (QED) is 0.904. The summed E-state index contributed by atoms with van der Waals surface area (Å²) in [4.78, 5) is 12.2. The van der Waals surface area contributed by atoms with Crippen LogP contribution in [0.2, 0.25) is 0 Å². The maximum atomic E-state index is 12.2. The van der Waals surface area contributed by atoms with E-state index in [1.165, 1.54) is 5.56 Å². The lowest BCUT2D eigenvalue weighted by Crippen LogP contribution is -2.14. The Morgan fingerprint density at radius 3 is 2.47 bits per heavy atom. The summed E-state index contributed by atoms with van der Waals surface area (Å²) >= 11 is 3.44. The van der Waals surface area contributed by atoms with Gasteiger partial charge in [0.25, 0.3) is 0 Å². The number of amides is 1. The summed E-state index contributed by atoms with van der Waals surface area (Å²) in [6, 6.07) is 17.9. The molecule has 1 N–H and O–H groups in total. The molecule has 2 aromatic carbocycles. The van der Waals surface area contributed by atoms with Crippen molar-refractivity contribution in [1.82, 2.24) is 0 Å². The van der Waals surface area contributed by atoms with Crippen molar-refractivity contribution in [3.05, 3.63) is 64.6 Å². The van der Waals surface area contributed by atoms with Crippen LogP contribution < -0.4 is 5.32 Å². The minimum Gasteiger partial charge on any atom is -0.325 e. The summed E-state index contributed by atoms with van der Waals surface area (Å²) in [6.45, 7) is 0. The number of nitrogens with one attached hydrogen (secondary N) is 1. The number of anilines is 1. The highest BCUT2D eigenvalue weighted by atomic mass is 79.9. The highest BCUT2D eigenvalue weighted by molar-refractivity contribution is 9.10. The molecule has 2 atom stereocenters. The van der Waals surface area contributed by atoms with Gasteiger partial charge < -0.3 is 5.32 Å². The Hall–Kier alpha value is -1.61. The van der Waals surface area contributed by atoms with Gasteiger partial charge in [-0.3, -0.25) is 4.79 Å². The fraction of sp³-hybridized carbons (Fsp3) is 0.188. The molecule has 1 aliphatic rings. The van der Waals surface area contributed by atoms with E-state index in [0.717, 1.165) is 16.6 Å². The van der Waals surface area contributed by atoms with E-state index in [2.05, 4.69) is 33.4 Å². The molecule has 19 heavy (non-hydrogen) atoms. The molecule has 1 saturated carbocycles. The lowest BCUT2D eigenvalue weighted by atomic mass is 10.1. The van der Waals surface area contributed by atoms with Gasteiger partial charge in [-0.05, 0) is 46.0 Å². The lowest BCUT2D eigenvalue weighted by molar-refractivity contribution is -0.117. The van der Waals surface area contributed by atoms with Crippen LogP contribution in [0.5, 0.6) is 0 Å². The first-order valence-electron chi connectivity index (χ1n) is 6.36. The van der Waals surface area contributed by atoms with E-state index in [1.807, 2.05) is 42.5 Å². The van der Waals surface area contributed by atoms with Crippen LogP contribution in [0, 0.1) is 5.92 Å². The predicted octanol–water partition coefficient (Wildman–Crippen LogP) is 4.19. The molecule has 0 heterocycles. The third-order valence-electron chi connectivity index (χ3n) is 3.49. The van der Waals surface area contributed by atoms with Gasteiger partial charge in [-0.1, -0.05) is 42.5 Å². The number of halogens is 1. The van der Waals surface area contributed by atoms with Gasteiger partial charge in [0, 0.05) is 10.4 Å². The molecular weight excluding hydrogens is 302 g/mol. The van der Waals surface area contributed by atoms with Crippen molar-refractivity contribution in [3.8, 4) is 0 Å². The minimum absolute atomic E-state index is 0.106. The van der Waals surface area contributed by atoms with Crippen molar-refractivity contribution in [2.75, 3.05) is 5.32 Å². The van der Waals surface area contributed by atoms with E-state index < -0.39 is 0 Å². The third-order valence-corrected chi connectivity index (χ3v) is 4.18. The van der Waals surface area contributed by atoms with Gasteiger partial charge >= 0.3 is 0 Å². The molecule has 2 nitrogen and oxygen atoms in total. The van der Waals surface area contributed by atoms with Crippen LogP contribution in [0.4, 0.5) is 5.69 Å². The zero-order valence-electron chi connectivity index (χ0n) is 10.3. The Morgan fingerprint density at radius 1 is 1.05 bits per heavy atom. The second kappa shape index (κ2) is 5.17. The van der Waals surface area contributed by atoms with E-state index in [1.54, 1.807) is 0 Å². The van der Waals surface area contributed by atoms with Gasteiger partial charge in [-0.25, -0.2) is 0 Å². The van der Waals surface area contributed by atoms with E-state index >= 15 is 0 Å². The molecule has 0 saturated heterocycles. The zero-order valence-corrected chi connectivity index (χ0v) is 11.9. The molecule has 0 spiro atoms. The molecule has 1 amide bonds. The molecule has 0 aromatic heterocycles. The van der Waals surface area contributed by atoms with Gasteiger partial charge in [-0.15, -0.1) is 0 Å². The Kier molecular flexibility index (Phi) is 3.38. The van der Waals surface area contributed by atoms with Gasteiger partial charge in [0.15, 0.2) is 0 Å². The van der Waals surface area contributed by atoms with Crippen molar-refractivity contribution in [3.63, 3.8) is 0 Å². The number of hydrogen-bond acceptors (Lipinski definition) is 1. The van der Waals surface area contributed by atoms with E-state index in [-0.39, 0.29) is 11.8 Å². The fourth-order valence-corrected chi connectivity index (χ4v) is 2.73. The molecular formula is C16H14BrNO. The molecule has 0 aliphatic heterocycles. The normalized spacial score (nSPS) is 20.9. The number of hydrogen-bond donors (Lipinski definition) is 1. The fourth-order valence-electron chi connectivity index (χ4n) is 2.34. The van der Waals surface area contributed by atoms with Crippen LogP contribution >= 0.6 is 15.9 Å². The standard InChI is InChI=1S/C16H14BrNO/c17-14-8-4-5-9-15(14)18-16(19)13-10-12(13)11-6-2-1-3-7-11/h1-9,12-13H,10H2,(H,18,19). The molecule has 1 aliphatic carbocycles. The number of para-hydroxylation sites is 1. The maximum absolute atomic E-state index is 12.2. The molecule has 3 rings (SSSR count). The van der Waals surface area contributed by atoms with Crippen LogP contribution in [0.15, 0.2) is 59.1 Å². The predicted molar refractivity (Wildman–Crippen MR) is 80.1 cm³/mol. The monoisotopic (exact) mass is 315 g/mol. The topological polar surface area (TPSA) is 29.1 Å². The number of benzene rings is 2. The lowest BCUT2D eigenvalue weighted by Gasteiger charge is -2.06. The minimum atomic E-state index is 0.106. The second-order valence-electron chi connectivity index (χ2n) is 4.83. The molecule has 2 aromatic rings. The average Bonchev–Trinajstić information content (AvgIpc) is 3.23. The highest BCUT2D eigenvalue weighted by Gasteiger charge is 2.43. The molecule has 0 bridgehead atoms. The van der Waals surface area contributed by atoms with E-state index in [0.29, 0.717) is 5.92 Å². The average molecular weight is 316 g/mol. The van der Waals surface area contributed by atoms with Crippen LogP contribution in [-0.4, -0.2) is 5.91 Å². The van der Waals surface area contributed by atoms with Crippen LogP contribution in [0.3, 0.4) is 0 Å². The summed E-state index contributed by atoms with van der Waals surface area (Å²) in [6.07, 6.45) is 0.945. The van der Waals surface area contributed by atoms with Crippen LogP contribution in [0.1, 0.15) is 17.9 Å². The Morgan fingerprint density at radius 2 is 1.74 bits per heavy atom. The van der Waals surface area contributed by atoms with Crippen molar-refractivity contribution < 1.29 is 4.79 Å². The van der Waals surface area contributed by atoms with Gasteiger partial charge in [0.2, 0.25) is 5.91 Å². The third kappa shape index (κ3) is 2.71. The Balaban J connectivity index is 1.66. The van der Waals surface area contributed by atoms with Gasteiger partial charge in [0.1, 0.15) is 0 Å². The van der Waals surface area contributed by atoms with E-state index in [4.69, 9.17) is 0 Å². The molecule has 1 fully saturated rings. The first kappa shape index (κ1) is 12.4. The highest BCUT2D eigenvalue weighted by Crippen LogP contribution is 2.48. The number of carbonyl (C=O) groups excluding carboxylic acids is 1. The summed E-state index contributed by atoms with van der Waals surface area (Å²) < 4.78 is 0.917. The van der Waals surface area contributed by atoms with Crippen molar-refractivity contribution in [2.24, 2.45) is 5.92 Å². The van der Waals surface area contributed by atoms with Crippen LogP contribution in [0.25, 0.3) is 0 Å². The summed E-state index contributed by atoms with van der Waals surface area (Å²) in [5.74, 6) is 0.596. The van der Waals surface area contributed by atoms with Crippen LogP contribution in [-0.2, 0) is 4.79 Å². The summed E-state index contributed by atoms with van der Waals surface area (Å²) in [5.41, 5.74) is 2.10. The number of carbonyl (C=O) groups is 1. The molecule has 96 valence electrons. The molecule has 2 unspecified atom stereocenters. The largest absolute Gasteiger partial charge is 0.325 e. The Bertz CT molecular complexity index is 597. The zero-order chi connectivity index (χ0) is 13.2. The first-order valence-corrected chi connectivity index (χ1v) is 7.15. The summed E-state index contributed by atoms with van der Waals surface area (Å²) in [5, 5.41) is 2.99. The van der Waals surface area contributed by atoms with Crippen molar-refractivity contribution in [2.45, 2.75) is 12.3 Å². The molecule has 3 heteroatoms. The van der Waals surface area contributed by atoms with Gasteiger partial charge in [-0.2, -0.15) is 0 Å². The molecule has 0 radical (unpaired) electrons. The smallest absolute Gasteiger partial charge is 0.228 e. The van der Waals surface area contributed by atoms with Gasteiger partial charge in [0.05, 0.1) is 5.69 Å².